The second-order valence-corrected chi connectivity index (χ2v) is 5.31. The number of rotatable bonds is 6. The van der Waals surface area contributed by atoms with E-state index >= 15 is 0 Å². The first-order chi connectivity index (χ1) is 9.47. The van der Waals surface area contributed by atoms with Gasteiger partial charge in [0.05, 0.1) is 6.54 Å². The first-order valence-electron chi connectivity index (χ1n) is 6.65. The number of hydrogen-bond acceptors (Lipinski definition) is 3. The molecule has 110 valence electrons. The van der Waals surface area contributed by atoms with E-state index in [4.69, 9.17) is 5.11 Å². The predicted octanol–water partition coefficient (Wildman–Crippen LogP) is 0.768. The van der Waals surface area contributed by atoms with Crippen LogP contribution in [0.3, 0.4) is 0 Å². The normalized spacial score (nSPS) is 14.1. The zero-order chi connectivity index (χ0) is 14.7. The minimum absolute atomic E-state index is 0.250. The molecule has 1 saturated carbocycles. The van der Waals surface area contributed by atoms with E-state index in [9.17, 15) is 9.59 Å². The highest BCUT2D eigenvalue weighted by Crippen LogP contribution is 2.29. The van der Waals surface area contributed by atoms with E-state index in [2.05, 4.69) is 4.98 Å². The van der Waals surface area contributed by atoms with Crippen LogP contribution in [-0.2, 0) is 18.4 Å². The second-order valence-electron chi connectivity index (χ2n) is 5.31. The second kappa shape index (κ2) is 5.94. The van der Waals surface area contributed by atoms with E-state index < -0.39 is 5.97 Å². The molecular formula is C13H20N4O3. The summed E-state index contributed by atoms with van der Waals surface area (Å²) < 4.78 is 1.84. The lowest BCUT2D eigenvalue weighted by molar-refractivity contribution is -0.137. The van der Waals surface area contributed by atoms with Gasteiger partial charge in [-0.3, -0.25) is 4.79 Å². The van der Waals surface area contributed by atoms with Gasteiger partial charge in [0.25, 0.3) is 0 Å². The van der Waals surface area contributed by atoms with Gasteiger partial charge < -0.3 is 19.5 Å². The molecule has 0 saturated heterocycles. The number of aromatic nitrogens is 2. The van der Waals surface area contributed by atoms with E-state index in [1.807, 2.05) is 17.8 Å². The average Bonchev–Trinajstić information content (AvgIpc) is 3.11. The molecule has 0 aliphatic heterocycles. The number of urea groups is 1. The molecule has 1 fully saturated rings. The van der Waals surface area contributed by atoms with E-state index in [0.717, 1.165) is 18.7 Å². The highest BCUT2D eigenvalue weighted by molar-refractivity contribution is 5.80. The SMILES string of the molecule is CN(Cc1nccn1C)C(=O)N(CC(=O)O)CC1CC1. The van der Waals surface area contributed by atoms with Crippen molar-refractivity contribution in [2.45, 2.75) is 19.4 Å². The lowest BCUT2D eigenvalue weighted by Gasteiger charge is -2.26. The molecule has 0 radical (unpaired) electrons. The number of carbonyl (C=O) groups is 2. The summed E-state index contributed by atoms with van der Waals surface area (Å²) in [5.74, 6) is 0.242. The van der Waals surface area contributed by atoms with Crippen LogP contribution in [0.25, 0.3) is 0 Å². The minimum Gasteiger partial charge on any atom is -0.480 e. The number of aryl methyl sites for hydroxylation is 1. The van der Waals surface area contributed by atoms with Gasteiger partial charge in [0.15, 0.2) is 0 Å². The van der Waals surface area contributed by atoms with Crippen LogP contribution >= 0.6 is 0 Å². The smallest absolute Gasteiger partial charge is 0.323 e. The number of imidazole rings is 1. The summed E-state index contributed by atoms with van der Waals surface area (Å²) in [6, 6.07) is -0.262. The molecule has 1 heterocycles. The Morgan fingerprint density at radius 3 is 2.70 bits per heavy atom. The Labute approximate surface area is 117 Å². The molecule has 0 bridgehead atoms. The Hall–Kier alpha value is -2.05. The highest BCUT2D eigenvalue weighted by atomic mass is 16.4. The standard InChI is InChI=1S/C13H20N4O3/c1-15-6-5-14-11(15)8-16(2)13(20)17(9-12(18)19)7-10-3-4-10/h5-6,10H,3-4,7-9H2,1-2H3,(H,18,19). The van der Waals surface area contributed by atoms with Crippen LogP contribution in [0.1, 0.15) is 18.7 Å². The van der Waals surface area contributed by atoms with Crippen molar-refractivity contribution < 1.29 is 14.7 Å². The first-order valence-corrected chi connectivity index (χ1v) is 6.65. The van der Waals surface area contributed by atoms with Crippen molar-refractivity contribution in [3.8, 4) is 0 Å². The molecule has 1 aliphatic carbocycles. The molecule has 7 heteroatoms. The highest BCUT2D eigenvalue weighted by Gasteiger charge is 2.29. The molecule has 0 aromatic carbocycles. The average molecular weight is 280 g/mol. The van der Waals surface area contributed by atoms with Gasteiger partial charge in [-0.15, -0.1) is 0 Å². The molecule has 2 rings (SSSR count). The van der Waals surface area contributed by atoms with Crippen LogP contribution in [0.15, 0.2) is 12.4 Å². The molecule has 0 spiro atoms. The molecule has 2 amide bonds. The van der Waals surface area contributed by atoms with Gasteiger partial charge in [-0.05, 0) is 18.8 Å². The largest absolute Gasteiger partial charge is 0.480 e. The lowest BCUT2D eigenvalue weighted by Crippen LogP contribution is -2.44. The van der Waals surface area contributed by atoms with Gasteiger partial charge in [-0.25, -0.2) is 9.78 Å². The molecule has 7 nitrogen and oxygen atoms in total. The maximum absolute atomic E-state index is 12.3. The zero-order valence-electron chi connectivity index (χ0n) is 11.8. The van der Waals surface area contributed by atoms with Crippen molar-refractivity contribution in [1.29, 1.82) is 0 Å². The molecular weight excluding hydrogens is 260 g/mol. The Kier molecular flexibility index (Phi) is 4.26. The summed E-state index contributed by atoms with van der Waals surface area (Å²) >= 11 is 0. The molecule has 1 aromatic rings. The minimum atomic E-state index is -0.982. The van der Waals surface area contributed by atoms with Crippen molar-refractivity contribution in [1.82, 2.24) is 19.4 Å². The molecule has 20 heavy (non-hydrogen) atoms. The van der Waals surface area contributed by atoms with E-state index in [1.54, 1.807) is 13.2 Å². The van der Waals surface area contributed by atoms with Crippen molar-refractivity contribution in [3.63, 3.8) is 0 Å². The van der Waals surface area contributed by atoms with Crippen LogP contribution in [-0.4, -0.2) is 56.6 Å². The van der Waals surface area contributed by atoms with E-state index in [0.29, 0.717) is 19.0 Å². The van der Waals surface area contributed by atoms with Crippen LogP contribution in [0.2, 0.25) is 0 Å². The monoisotopic (exact) mass is 280 g/mol. The van der Waals surface area contributed by atoms with Crippen LogP contribution in [0.4, 0.5) is 4.79 Å². The molecule has 1 aromatic heterocycles. The number of hydrogen-bond donors (Lipinski definition) is 1. The number of amides is 2. The summed E-state index contributed by atoms with van der Waals surface area (Å²) in [6.45, 7) is 0.638. The van der Waals surface area contributed by atoms with Gasteiger partial charge in [0, 0.05) is 33.0 Å². The third kappa shape index (κ3) is 3.72. The van der Waals surface area contributed by atoms with Gasteiger partial charge in [0.1, 0.15) is 12.4 Å². The number of carboxylic acid groups (broad SMARTS) is 1. The summed E-state index contributed by atoms with van der Waals surface area (Å²) in [4.78, 5) is 30.3. The summed E-state index contributed by atoms with van der Waals surface area (Å²) in [7, 11) is 3.53. The van der Waals surface area contributed by atoms with Gasteiger partial charge in [0.2, 0.25) is 0 Å². The fourth-order valence-corrected chi connectivity index (χ4v) is 2.06. The predicted molar refractivity (Wildman–Crippen MR) is 72.0 cm³/mol. The molecule has 1 N–H and O–H groups in total. The van der Waals surface area contributed by atoms with Crippen LogP contribution < -0.4 is 0 Å². The van der Waals surface area contributed by atoms with E-state index in [1.165, 1.54) is 9.80 Å². The van der Waals surface area contributed by atoms with Crippen LogP contribution in [0, 0.1) is 5.92 Å². The third-order valence-electron chi connectivity index (χ3n) is 3.40. The maximum atomic E-state index is 12.3. The van der Waals surface area contributed by atoms with Crippen molar-refractivity contribution in [3.05, 3.63) is 18.2 Å². The van der Waals surface area contributed by atoms with Gasteiger partial charge in [-0.1, -0.05) is 0 Å². The zero-order valence-corrected chi connectivity index (χ0v) is 11.8. The fourth-order valence-electron chi connectivity index (χ4n) is 2.06. The quantitative estimate of drug-likeness (QED) is 0.834. The number of carboxylic acids is 1. The number of aliphatic carboxylic acids is 1. The van der Waals surface area contributed by atoms with E-state index in [-0.39, 0.29) is 12.6 Å². The Morgan fingerprint density at radius 1 is 1.50 bits per heavy atom. The van der Waals surface area contributed by atoms with Crippen molar-refractivity contribution in [2.24, 2.45) is 13.0 Å². The van der Waals surface area contributed by atoms with Gasteiger partial charge >= 0.3 is 12.0 Å². The van der Waals surface area contributed by atoms with Crippen LogP contribution in [0.5, 0.6) is 0 Å². The Morgan fingerprint density at radius 2 is 2.20 bits per heavy atom. The Bertz CT molecular complexity index is 496. The lowest BCUT2D eigenvalue weighted by atomic mass is 10.3. The third-order valence-corrected chi connectivity index (χ3v) is 3.40. The number of nitrogens with zero attached hydrogens (tertiary/aromatic N) is 4. The first kappa shape index (κ1) is 14.4. The molecule has 1 aliphatic rings. The van der Waals surface area contributed by atoms with Crippen molar-refractivity contribution in [2.75, 3.05) is 20.1 Å². The molecule has 0 atom stereocenters. The summed E-state index contributed by atoms with van der Waals surface area (Å²) in [5.41, 5.74) is 0. The number of carbonyl (C=O) groups excluding carboxylic acids is 1. The maximum Gasteiger partial charge on any atom is 0.323 e. The fraction of sp³-hybridized carbons (Fsp3) is 0.615. The van der Waals surface area contributed by atoms with Crippen molar-refractivity contribution >= 4 is 12.0 Å². The summed E-state index contributed by atoms with van der Waals surface area (Å²) in [5, 5.41) is 8.92. The van der Waals surface area contributed by atoms with Gasteiger partial charge in [-0.2, -0.15) is 0 Å². The Balaban J connectivity index is 1.97. The summed E-state index contributed by atoms with van der Waals surface area (Å²) in [6.07, 6.45) is 5.64. The molecule has 0 unspecified atom stereocenters. The topological polar surface area (TPSA) is 78.7 Å².